The van der Waals surface area contributed by atoms with Crippen LogP contribution in [0.4, 0.5) is 5.69 Å². The summed E-state index contributed by atoms with van der Waals surface area (Å²) in [5.41, 5.74) is 0.722. The van der Waals surface area contributed by atoms with Crippen molar-refractivity contribution < 1.29 is 24.0 Å². The average Bonchev–Trinajstić information content (AvgIpc) is 2.74. The van der Waals surface area contributed by atoms with Crippen LogP contribution < -0.4 is 5.32 Å². The number of carbonyl (C=O) groups excluding carboxylic acids is 4. The highest BCUT2D eigenvalue weighted by molar-refractivity contribution is 6.29. The molecule has 1 aliphatic rings. The van der Waals surface area contributed by atoms with E-state index in [0.29, 0.717) is 17.2 Å². The second-order valence-corrected chi connectivity index (χ2v) is 4.99. The number of benzene rings is 1. The molecule has 1 aromatic carbocycles. The van der Waals surface area contributed by atoms with Gasteiger partial charge in [-0.1, -0.05) is 6.92 Å². The van der Waals surface area contributed by atoms with Crippen LogP contribution in [0.2, 0.25) is 5.82 Å². The summed E-state index contributed by atoms with van der Waals surface area (Å²) in [7, 11) is 1.60. The third-order valence-electron chi connectivity index (χ3n) is 3.23. The van der Waals surface area contributed by atoms with Gasteiger partial charge in [-0.15, -0.1) is 5.06 Å². The number of nitrogens with one attached hydrogen (secondary N) is 1. The van der Waals surface area contributed by atoms with Gasteiger partial charge in [-0.25, -0.2) is 4.79 Å². The van der Waals surface area contributed by atoms with Crippen LogP contribution in [0.1, 0.15) is 30.1 Å². The smallest absolute Gasteiger partial charge is 0.326 e. The Morgan fingerprint density at radius 3 is 2.45 bits per heavy atom. The van der Waals surface area contributed by atoms with Crippen molar-refractivity contribution in [1.29, 1.82) is 0 Å². The zero-order valence-electron chi connectivity index (χ0n) is 12.3. The molecule has 22 heavy (non-hydrogen) atoms. The minimum atomic E-state index is -0.802. The lowest BCUT2D eigenvalue weighted by Crippen LogP contribution is -2.32. The van der Waals surface area contributed by atoms with Crippen LogP contribution in [-0.4, -0.2) is 36.6 Å². The van der Waals surface area contributed by atoms with E-state index in [9.17, 15) is 19.2 Å². The number of hydroxylamine groups is 2. The predicted molar refractivity (Wildman–Crippen MR) is 79.5 cm³/mol. The van der Waals surface area contributed by atoms with Crippen LogP contribution in [0.3, 0.4) is 0 Å². The highest BCUT2D eigenvalue weighted by Gasteiger charge is 2.38. The lowest BCUT2D eigenvalue weighted by molar-refractivity contribution is -0.172. The van der Waals surface area contributed by atoms with E-state index in [1.54, 1.807) is 26.9 Å². The molecule has 0 spiro atoms. The molecular formula is C14H15BN2O5. The monoisotopic (exact) mass is 302 g/mol. The molecule has 1 N–H and O–H groups in total. The van der Waals surface area contributed by atoms with Crippen LogP contribution in [-0.2, 0) is 19.2 Å². The Labute approximate surface area is 128 Å². The number of carbonyl (C=O) groups is 4. The topological polar surface area (TPSA) is 92.8 Å². The number of nitrogens with zero attached hydrogens (tertiary/aromatic N) is 1. The molecule has 2 rings (SSSR count). The average molecular weight is 302 g/mol. The van der Waals surface area contributed by atoms with Crippen molar-refractivity contribution in [2.45, 2.75) is 25.6 Å². The predicted octanol–water partition coefficient (Wildman–Crippen LogP) is 0.287. The van der Waals surface area contributed by atoms with E-state index in [2.05, 4.69) is 5.32 Å². The largest absolute Gasteiger partial charge is 0.363 e. The van der Waals surface area contributed by atoms with Crippen molar-refractivity contribution in [3.05, 3.63) is 29.8 Å². The molecule has 1 saturated heterocycles. The molecule has 8 heteroatoms. The molecule has 1 aromatic rings. The van der Waals surface area contributed by atoms with Crippen molar-refractivity contribution in [2.75, 3.05) is 5.32 Å². The van der Waals surface area contributed by atoms with Gasteiger partial charge in [0, 0.05) is 24.3 Å². The first-order chi connectivity index (χ1) is 10.4. The van der Waals surface area contributed by atoms with Crippen molar-refractivity contribution >= 4 is 37.2 Å². The van der Waals surface area contributed by atoms with Gasteiger partial charge >= 0.3 is 5.97 Å². The Morgan fingerprint density at radius 1 is 1.32 bits per heavy atom. The maximum Gasteiger partial charge on any atom is 0.363 e. The molecule has 1 atom stereocenters. The standard InChI is InChI=1S/C14H15BN2O5/c1-2-11(18)16-9-5-3-8(4-6-9)14(21)22-17-12(19)7-10(15)13(17)20/h3-6,10H,2,7,15H2,1H3,(H,16,18). The van der Waals surface area contributed by atoms with E-state index in [0.717, 1.165) is 0 Å². The molecule has 1 aliphatic heterocycles. The Bertz CT molecular complexity index is 629. The fourth-order valence-electron chi connectivity index (χ4n) is 1.93. The van der Waals surface area contributed by atoms with Gasteiger partial charge in [-0.05, 0) is 24.3 Å². The Morgan fingerprint density at radius 2 is 1.95 bits per heavy atom. The van der Waals surface area contributed by atoms with Gasteiger partial charge in [-0.3, -0.25) is 14.4 Å². The highest BCUT2D eigenvalue weighted by atomic mass is 16.7. The maximum atomic E-state index is 11.9. The molecule has 3 amide bonds. The minimum absolute atomic E-state index is 0.0358. The van der Waals surface area contributed by atoms with E-state index in [4.69, 9.17) is 4.84 Å². The third kappa shape index (κ3) is 3.33. The lowest BCUT2D eigenvalue weighted by atomic mass is 9.86. The van der Waals surface area contributed by atoms with Crippen molar-refractivity contribution in [1.82, 2.24) is 5.06 Å². The number of rotatable bonds is 4. The molecule has 0 radical (unpaired) electrons. The van der Waals surface area contributed by atoms with Crippen LogP contribution in [0, 0.1) is 0 Å². The van der Waals surface area contributed by atoms with Gasteiger partial charge in [-0.2, -0.15) is 0 Å². The first kappa shape index (κ1) is 15.7. The summed E-state index contributed by atoms with van der Waals surface area (Å²) in [4.78, 5) is 51.2. The fourth-order valence-corrected chi connectivity index (χ4v) is 1.93. The molecule has 7 nitrogen and oxygen atoms in total. The summed E-state index contributed by atoms with van der Waals surface area (Å²) in [6.45, 7) is 1.73. The molecular weight excluding hydrogens is 287 g/mol. The quantitative estimate of drug-likeness (QED) is 0.637. The van der Waals surface area contributed by atoms with Crippen molar-refractivity contribution in [3.8, 4) is 0 Å². The maximum absolute atomic E-state index is 11.9. The van der Waals surface area contributed by atoms with Gasteiger partial charge in [0.2, 0.25) is 5.91 Å². The Balaban J connectivity index is 2.03. The first-order valence-electron chi connectivity index (χ1n) is 6.91. The van der Waals surface area contributed by atoms with E-state index in [1.807, 2.05) is 0 Å². The number of amides is 3. The number of anilines is 1. The molecule has 0 aromatic heterocycles. The van der Waals surface area contributed by atoms with E-state index in [-0.39, 0.29) is 17.9 Å². The second kappa shape index (κ2) is 6.42. The van der Waals surface area contributed by atoms with Crippen molar-refractivity contribution in [2.24, 2.45) is 0 Å². The normalized spacial score (nSPS) is 17.5. The number of imide groups is 1. The van der Waals surface area contributed by atoms with Crippen LogP contribution in [0.15, 0.2) is 24.3 Å². The summed E-state index contributed by atoms with van der Waals surface area (Å²) in [6, 6.07) is 5.98. The van der Waals surface area contributed by atoms with E-state index in [1.165, 1.54) is 12.1 Å². The number of hydrogen-bond donors (Lipinski definition) is 1. The zero-order valence-corrected chi connectivity index (χ0v) is 12.3. The Kier molecular flexibility index (Phi) is 4.60. The van der Waals surface area contributed by atoms with Gasteiger partial charge in [0.25, 0.3) is 11.8 Å². The summed E-state index contributed by atoms with van der Waals surface area (Å²) < 4.78 is 0. The molecule has 1 heterocycles. The van der Waals surface area contributed by atoms with E-state index >= 15 is 0 Å². The number of hydrogen-bond acceptors (Lipinski definition) is 5. The van der Waals surface area contributed by atoms with Gasteiger partial charge in [0.05, 0.1) is 5.56 Å². The Hall–Kier alpha value is -2.64. The van der Waals surface area contributed by atoms with Crippen LogP contribution >= 0.6 is 0 Å². The van der Waals surface area contributed by atoms with E-state index < -0.39 is 23.6 Å². The molecule has 0 bridgehead atoms. The van der Waals surface area contributed by atoms with Crippen LogP contribution in [0.25, 0.3) is 0 Å². The molecule has 0 saturated carbocycles. The molecule has 114 valence electrons. The fraction of sp³-hybridized carbons (Fsp3) is 0.286. The third-order valence-corrected chi connectivity index (χ3v) is 3.23. The second-order valence-electron chi connectivity index (χ2n) is 4.99. The lowest BCUT2D eigenvalue weighted by Gasteiger charge is -2.13. The van der Waals surface area contributed by atoms with Gasteiger partial charge < -0.3 is 10.2 Å². The molecule has 1 fully saturated rings. The summed E-state index contributed by atoms with van der Waals surface area (Å²) >= 11 is 0. The van der Waals surface area contributed by atoms with Crippen LogP contribution in [0.5, 0.6) is 0 Å². The highest BCUT2D eigenvalue weighted by Crippen LogP contribution is 2.22. The molecule has 1 unspecified atom stereocenters. The summed E-state index contributed by atoms with van der Waals surface area (Å²) in [5, 5.41) is 3.15. The van der Waals surface area contributed by atoms with Gasteiger partial charge in [0.15, 0.2) is 0 Å². The first-order valence-corrected chi connectivity index (χ1v) is 6.91. The summed E-state index contributed by atoms with van der Waals surface area (Å²) in [5.74, 6) is -2.48. The zero-order chi connectivity index (χ0) is 16.3. The van der Waals surface area contributed by atoms with Gasteiger partial charge in [0.1, 0.15) is 7.85 Å². The minimum Gasteiger partial charge on any atom is -0.326 e. The summed E-state index contributed by atoms with van der Waals surface area (Å²) in [6.07, 6.45) is 0.384. The SMILES string of the molecule is BC1CC(=O)N(OC(=O)c2ccc(NC(=O)CC)cc2)C1=O. The van der Waals surface area contributed by atoms with Crippen molar-refractivity contribution in [3.63, 3.8) is 0 Å². The molecule has 0 aliphatic carbocycles.